The summed E-state index contributed by atoms with van der Waals surface area (Å²) in [6.45, 7) is 5.11. The first kappa shape index (κ1) is 10.2. The van der Waals surface area contributed by atoms with Crippen LogP contribution in [0.4, 0.5) is 0 Å². The van der Waals surface area contributed by atoms with Crippen LogP contribution < -0.4 is 5.73 Å². The van der Waals surface area contributed by atoms with Crippen LogP contribution in [0.2, 0.25) is 0 Å². The molecule has 4 nitrogen and oxygen atoms in total. The highest BCUT2D eigenvalue weighted by molar-refractivity contribution is 5.18. The summed E-state index contributed by atoms with van der Waals surface area (Å²) in [7, 11) is 1.90. The molecule has 1 rings (SSSR count). The van der Waals surface area contributed by atoms with Gasteiger partial charge in [-0.2, -0.15) is 5.10 Å². The predicted octanol–water partition coefficient (Wildman–Crippen LogP) is 0.765. The molecule has 4 heteroatoms. The van der Waals surface area contributed by atoms with E-state index in [1.807, 2.05) is 27.1 Å². The third-order valence-corrected chi connectivity index (χ3v) is 1.98. The summed E-state index contributed by atoms with van der Waals surface area (Å²) in [6.07, 6.45) is 1.95. The highest BCUT2D eigenvalue weighted by atomic mass is 16.5. The quantitative estimate of drug-likeness (QED) is 0.750. The van der Waals surface area contributed by atoms with E-state index in [2.05, 4.69) is 5.10 Å². The number of hydrogen-bond acceptors (Lipinski definition) is 3. The van der Waals surface area contributed by atoms with Crippen molar-refractivity contribution in [3.05, 3.63) is 17.5 Å². The molecule has 0 fully saturated rings. The van der Waals surface area contributed by atoms with E-state index in [4.69, 9.17) is 10.5 Å². The molecule has 2 N–H and O–H groups in total. The van der Waals surface area contributed by atoms with Gasteiger partial charge < -0.3 is 10.5 Å². The molecule has 74 valence electrons. The fourth-order valence-electron chi connectivity index (χ4n) is 1.42. The smallest absolute Gasteiger partial charge is 0.0979 e. The fraction of sp³-hybridized carbons (Fsp3) is 0.667. The van der Waals surface area contributed by atoms with Crippen LogP contribution >= 0.6 is 0 Å². The Morgan fingerprint density at radius 2 is 2.38 bits per heavy atom. The molecule has 0 spiro atoms. The summed E-state index contributed by atoms with van der Waals surface area (Å²) in [5.41, 5.74) is 7.69. The van der Waals surface area contributed by atoms with E-state index < -0.39 is 0 Å². The Balaban J connectivity index is 2.83. The standard InChI is InChI=1S/C9H17N3O/c1-4-13-9(5-10)8-6-12(3)11-7(8)2/h6,9H,4-5,10H2,1-3H3. The predicted molar refractivity (Wildman–Crippen MR) is 51.4 cm³/mol. The summed E-state index contributed by atoms with van der Waals surface area (Å²) in [5.74, 6) is 0. The largest absolute Gasteiger partial charge is 0.372 e. The Hall–Kier alpha value is -0.870. The van der Waals surface area contributed by atoms with Crippen LogP contribution in [0.1, 0.15) is 24.3 Å². The molecule has 0 aromatic carbocycles. The highest BCUT2D eigenvalue weighted by Crippen LogP contribution is 2.18. The van der Waals surface area contributed by atoms with Crippen LogP contribution in [0.15, 0.2) is 6.20 Å². The van der Waals surface area contributed by atoms with E-state index in [0.717, 1.165) is 11.3 Å². The number of rotatable bonds is 4. The molecule has 0 saturated heterocycles. The number of nitrogens with zero attached hydrogens (tertiary/aromatic N) is 2. The summed E-state index contributed by atoms with van der Waals surface area (Å²) < 4.78 is 7.28. The maximum Gasteiger partial charge on any atom is 0.0979 e. The number of aromatic nitrogens is 2. The van der Waals surface area contributed by atoms with Gasteiger partial charge in [-0.3, -0.25) is 4.68 Å². The minimum absolute atomic E-state index is 0.0151. The monoisotopic (exact) mass is 183 g/mol. The van der Waals surface area contributed by atoms with Gasteiger partial charge in [0.1, 0.15) is 0 Å². The van der Waals surface area contributed by atoms with Gasteiger partial charge in [0.05, 0.1) is 11.8 Å². The topological polar surface area (TPSA) is 53.1 Å². The lowest BCUT2D eigenvalue weighted by Crippen LogP contribution is -2.16. The van der Waals surface area contributed by atoms with Crippen molar-refractivity contribution in [2.45, 2.75) is 20.0 Å². The van der Waals surface area contributed by atoms with Crippen molar-refractivity contribution in [1.82, 2.24) is 9.78 Å². The van der Waals surface area contributed by atoms with E-state index >= 15 is 0 Å². The second-order valence-electron chi connectivity index (χ2n) is 3.02. The van der Waals surface area contributed by atoms with Crippen molar-refractivity contribution < 1.29 is 4.74 Å². The summed E-state index contributed by atoms with van der Waals surface area (Å²) in [4.78, 5) is 0. The molecule has 0 aliphatic carbocycles. The van der Waals surface area contributed by atoms with Crippen LogP contribution in [0.3, 0.4) is 0 Å². The fourth-order valence-corrected chi connectivity index (χ4v) is 1.42. The van der Waals surface area contributed by atoms with Crippen molar-refractivity contribution in [2.75, 3.05) is 13.2 Å². The molecule has 0 bridgehead atoms. The molecule has 1 atom stereocenters. The van der Waals surface area contributed by atoms with Crippen LogP contribution in [-0.2, 0) is 11.8 Å². The van der Waals surface area contributed by atoms with Gasteiger partial charge in [-0.05, 0) is 13.8 Å². The minimum Gasteiger partial charge on any atom is -0.372 e. The van der Waals surface area contributed by atoms with E-state index in [9.17, 15) is 0 Å². The Labute approximate surface area is 78.7 Å². The first-order valence-corrected chi connectivity index (χ1v) is 4.50. The average molecular weight is 183 g/mol. The van der Waals surface area contributed by atoms with Gasteiger partial charge in [-0.1, -0.05) is 0 Å². The van der Waals surface area contributed by atoms with Crippen molar-refractivity contribution in [2.24, 2.45) is 12.8 Å². The summed E-state index contributed by atoms with van der Waals surface area (Å²) in [5, 5.41) is 4.24. The number of nitrogens with two attached hydrogens (primary N) is 1. The van der Waals surface area contributed by atoms with Crippen LogP contribution in [-0.4, -0.2) is 22.9 Å². The SMILES string of the molecule is CCOC(CN)c1cn(C)nc1C. The first-order valence-electron chi connectivity index (χ1n) is 4.50. The molecule has 0 amide bonds. The Bertz CT molecular complexity index is 270. The molecule has 13 heavy (non-hydrogen) atoms. The van der Waals surface area contributed by atoms with Crippen molar-refractivity contribution >= 4 is 0 Å². The van der Waals surface area contributed by atoms with Crippen molar-refractivity contribution in [1.29, 1.82) is 0 Å². The zero-order valence-corrected chi connectivity index (χ0v) is 8.45. The van der Waals surface area contributed by atoms with Gasteiger partial charge >= 0.3 is 0 Å². The van der Waals surface area contributed by atoms with Crippen molar-refractivity contribution in [3.8, 4) is 0 Å². The zero-order valence-electron chi connectivity index (χ0n) is 8.45. The van der Waals surface area contributed by atoms with Crippen LogP contribution in [0, 0.1) is 6.92 Å². The van der Waals surface area contributed by atoms with E-state index in [1.165, 1.54) is 0 Å². The van der Waals surface area contributed by atoms with Gasteiger partial charge in [-0.25, -0.2) is 0 Å². The molecule has 1 unspecified atom stereocenters. The second-order valence-corrected chi connectivity index (χ2v) is 3.02. The normalized spacial score (nSPS) is 13.2. The molecular weight excluding hydrogens is 166 g/mol. The Morgan fingerprint density at radius 3 is 2.77 bits per heavy atom. The molecule has 1 aromatic heterocycles. The lowest BCUT2D eigenvalue weighted by Gasteiger charge is -2.13. The van der Waals surface area contributed by atoms with E-state index in [-0.39, 0.29) is 6.10 Å². The lowest BCUT2D eigenvalue weighted by atomic mass is 10.1. The van der Waals surface area contributed by atoms with Gasteiger partial charge in [0.15, 0.2) is 0 Å². The van der Waals surface area contributed by atoms with E-state index in [1.54, 1.807) is 4.68 Å². The second kappa shape index (κ2) is 4.39. The number of ether oxygens (including phenoxy) is 1. The van der Waals surface area contributed by atoms with Crippen molar-refractivity contribution in [3.63, 3.8) is 0 Å². The summed E-state index contributed by atoms with van der Waals surface area (Å²) in [6, 6.07) is 0. The molecule has 0 aliphatic rings. The van der Waals surface area contributed by atoms with Crippen LogP contribution in [0.25, 0.3) is 0 Å². The Morgan fingerprint density at radius 1 is 1.69 bits per heavy atom. The average Bonchev–Trinajstić information content (AvgIpc) is 2.41. The first-order chi connectivity index (χ1) is 6.19. The van der Waals surface area contributed by atoms with E-state index in [0.29, 0.717) is 13.2 Å². The molecule has 0 saturated carbocycles. The number of hydrogen-bond donors (Lipinski definition) is 1. The third-order valence-electron chi connectivity index (χ3n) is 1.98. The molecule has 1 heterocycles. The zero-order chi connectivity index (χ0) is 9.84. The van der Waals surface area contributed by atoms with Crippen LogP contribution in [0.5, 0.6) is 0 Å². The maximum absolute atomic E-state index is 5.61. The van der Waals surface area contributed by atoms with Gasteiger partial charge in [0, 0.05) is 32.0 Å². The Kier molecular flexibility index (Phi) is 3.45. The molecule has 0 radical (unpaired) electrons. The molecular formula is C9H17N3O. The summed E-state index contributed by atoms with van der Waals surface area (Å²) >= 11 is 0. The molecule has 1 aromatic rings. The molecule has 0 aliphatic heterocycles. The minimum atomic E-state index is -0.0151. The number of aryl methyl sites for hydroxylation is 2. The van der Waals surface area contributed by atoms with Gasteiger partial charge in [0.25, 0.3) is 0 Å². The van der Waals surface area contributed by atoms with Gasteiger partial charge in [-0.15, -0.1) is 0 Å². The third kappa shape index (κ3) is 2.29. The highest BCUT2D eigenvalue weighted by Gasteiger charge is 2.14. The lowest BCUT2D eigenvalue weighted by molar-refractivity contribution is 0.0684. The van der Waals surface area contributed by atoms with Gasteiger partial charge in [0.2, 0.25) is 0 Å². The maximum atomic E-state index is 5.61.